The van der Waals surface area contributed by atoms with E-state index in [1.54, 1.807) is 0 Å². The van der Waals surface area contributed by atoms with Crippen molar-refractivity contribution in [3.8, 4) is 0 Å². The molecule has 0 aromatic heterocycles. The van der Waals surface area contributed by atoms with Crippen LogP contribution in [0.1, 0.15) is 20.3 Å². The molecule has 1 fully saturated rings. The lowest BCUT2D eigenvalue weighted by Crippen LogP contribution is -2.41. The lowest BCUT2D eigenvalue weighted by molar-refractivity contribution is -0.226. The van der Waals surface area contributed by atoms with Gasteiger partial charge in [-0.05, 0) is 19.3 Å². The second kappa shape index (κ2) is 2.86. The number of rotatable bonds is 0. The summed E-state index contributed by atoms with van der Waals surface area (Å²) in [7, 11) is 0. The van der Waals surface area contributed by atoms with Crippen molar-refractivity contribution >= 4 is 0 Å². The zero-order valence-corrected chi connectivity index (χ0v) is 6.32. The van der Waals surface area contributed by atoms with Crippen LogP contribution < -0.4 is 0 Å². The van der Waals surface area contributed by atoms with Crippen molar-refractivity contribution in [1.29, 1.82) is 0 Å². The first-order valence-corrected chi connectivity index (χ1v) is 3.63. The van der Waals surface area contributed by atoms with Gasteiger partial charge in [0.1, 0.15) is 6.10 Å². The standard InChI is InChI=1S/C7H14O3/c1-4-3-6(8)7(9)10-5(4)2/h4-9H,3H2,1-2H3/t4-,5?,6?,7?/m1/s1. The van der Waals surface area contributed by atoms with Crippen LogP contribution >= 0.6 is 0 Å². The van der Waals surface area contributed by atoms with Crippen molar-refractivity contribution < 1.29 is 14.9 Å². The normalized spacial score (nSPS) is 49.2. The second-order valence-electron chi connectivity index (χ2n) is 3.01. The monoisotopic (exact) mass is 146 g/mol. The lowest BCUT2D eigenvalue weighted by Gasteiger charge is -2.33. The van der Waals surface area contributed by atoms with E-state index in [4.69, 9.17) is 14.9 Å². The molecule has 1 heterocycles. The van der Waals surface area contributed by atoms with E-state index in [0.29, 0.717) is 12.3 Å². The van der Waals surface area contributed by atoms with E-state index in [2.05, 4.69) is 0 Å². The maximum Gasteiger partial charge on any atom is 0.181 e. The molecule has 1 aliphatic heterocycles. The Kier molecular flexibility index (Phi) is 2.28. The average molecular weight is 146 g/mol. The molecule has 0 aromatic carbocycles. The van der Waals surface area contributed by atoms with Crippen molar-refractivity contribution in [3.05, 3.63) is 0 Å². The third kappa shape index (κ3) is 1.48. The Morgan fingerprint density at radius 1 is 1.30 bits per heavy atom. The summed E-state index contributed by atoms with van der Waals surface area (Å²) >= 11 is 0. The summed E-state index contributed by atoms with van der Waals surface area (Å²) in [6, 6.07) is 0. The summed E-state index contributed by atoms with van der Waals surface area (Å²) in [6.07, 6.45) is -1.00. The van der Waals surface area contributed by atoms with Crippen LogP contribution in [0.25, 0.3) is 0 Å². The van der Waals surface area contributed by atoms with E-state index < -0.39 is 12.4 Å². The minimum atomic E-state index is -0.980. The Morgan fingerprint density at radius 3 is 2.40 bits per heavy atom. The average Bonchev–Trinajstić information content (AvgIpc) is 1.84. The molecule has 1 saturated heterocycles. The summed E-state index contributed by atoms with van der Waals surface area (Å²) in [5.41, 5.74) is 0. The fourth-order valence-corrected chi connectivity index (χ4v) is 1.13. The number of aliphatic hydroxyl groups excluding tert-OH is 2. The van der Waals surface area contributed by atoms with Gasteiger partial charge in [-0.2, -0.15) is 0 Å². The highest BCUT2D eigenvalue weighted by molar-refractivity contribution is 4.74. The molecule has 0 spiro atoms. The van der Waals surface area contributed by atoms with Gasteiger partial charge in [0.05, 0.1) is 6.10 Å². The molecular formula is C7H14O3. The van der Waals surface area contributed by atoms with Crippen LogP contribution in [0.3, 0.4) is 0 Å². The number of aliphatic hydroxyl groups is 2. The third-order valence-electron chi connectivity index (χ3n) is 2.10. The van der Waals surface area contributed by atoms with Crippen molar-refractivity contribution in [2.75, 3.05) is 0 Å². The molecule has 0 saturated carbocycles. The van der Waals surface area contributed by atoms with E-state index >= 15 is 0 Å². The van der Waals surface area contributed by atoms with Crippen LogP contribution in [-0.2, 0) is 4.74 Å². The van der Waals surface area contributed by atoms with Crippen molar-refractivity contribution in [1.82, 2.24) is 0 Å². The van der Waals surface area contributed by atoms with Gasteiger partial charge in [-0.15, -0.1) is 0 Å². The van der Waals surface area contributed by atoms with E-state index in [1.165, 1.54) is 0 Å². The molecule has 3 unspecified atom stereocenters. The quantitative estimate of drug-likeness (QED) is 0.510. The first-order valence-electron chi connectivity index (χ1n) is 3.63. The second-order valence-corrected chi connectivity index (χ2v) is 3.01. The molecule has 4 atom stereocenters. The summed E-state index contributed by atoms with van der Waals surface area (Å²) in [6.45, 7) is 3.90. The van der Waals surface area contributed by atoms with Gasteiger partial charge in [-0.3, -0.25) is 0 Å². The van der Waals surface area contributed by atoms with E-state index in [0.717, 1.165) is 0 Å². The predicted octanol–water partition coefficient (Wildman–Crippen LogP) is 0.111. The molecule has 2 N–H and O–H groups in total. The molecule has 0 radical (unpaired) electrons. The van der Waals surface area contributed by atoms with Gasteiger partial charge in [0.15, 0.2) is 6.29 Å². The molecule has 0 aliphatic carbocycles. The zero-order valence-electron chi connectivity index (χ0n) is 6.32. The minimum absolute atomic E-state index is 0.0541. The lowest BCUT2D eigenvalue weighted by atomic mass is 9.95. The fraction of sp³-hybridized carbons (Fsp3) is 1.00. The SMILES string of the molecule is CC1OC(O)C(O)C[C@H]1C. The highest BCUT2D eigenvalue weighted by atomic mass is 16.6. The molecule has 60 valence electrons. The predicted molar refractivity (Wildman–Crippen MR) is 36.3 cm³/mol. The van der Waals surface area contributed by atoms with Gasteiger partial charge in [0, 0.05) is 0 Å². The van der Waals surface area contributed by atoms with Gasteiger partial charge in [0.25, 0.3) is 0 Å². The smallest absolute Gasteiger partial charge is 0.181 e. The Labute approximate surface area is 60.6 Å². The minimum Gasteiger partial charge on any atom is -0.388 e. The molecule has 10 heavy (non-hydrogen) atoms. The first-order chi connectivity index (χ1) is 4.61. The van der Waals surface area contributed by atoms with Crippen molar-refractivity contribution in [2.45, 2.75) is 38.8 Å². The molecule has 3 nitrogen and oxygen atoms in total. The summed E-state index contributed by atoms with van der Waals surface area (Å²) in [4.78, 5) is 0. The number of hydrogen-bond acceptors (Lipinski definition) is 3. The third-order valence-corrected chi connectivity index (χ3v) is 2.10. The summed E-state index contributed by atoms with van der Waals surface area (Å²) in [5.74, 6) is 0.332. The molecular weight excluding hydrogens is 132 g/mol. The van der Waals surface area contributed by atoms with Crippen LogP contribution in [-0.4, -0.2) is 28.7 Å². The number of ether oxygens (including phenoxy) is 1. The van der Waals surface area contributed by atoms with Gasteiger partial charge in [-0.25, -0.2) is 0 Å². The van der Waals surface area contributed by atoms with Gasteiger partial charge >= 0.3 is 0 Å². The molecule has 1 aliphatic rings. The first kappa shape index (κ1) is 7.98. The molecule has 0 aromatic rings. The number of hydrogen-bond donors (Lipinski definition) is 2. The summed E-state index contributed by atoms with van der Waals surface area (Å²) < 4.78 is 5.02. The van der Waals surface area contributed by atoms with Crippen LogP contribution in [0, 0.1) is 5.92 Å². The highest BCUT2D eigenvalue weighted by Gasteiger charge is 2.30. The topological polar surface area (TPSA) is 49.7 Å². The van der Waals surface area contributed by atoms with E-state index in [9.17, 15) is 0 Å². The Morgan fingerprint density at radius 2 is 1.90 bits per heavy atom. The Bertz CT molecular complexity index is 89.4. The van der Waals surface area contributed by atoms with E-state index in [1.807, 2.05) is 13.8 Å². The molecule has 1 rings (SSSR count). The maximum absolute atomic E-state index is 9.09. The van der Waals surface area contributed by atoms with Crippen LogP contribution in [0.15, 0.2) is 0 Å². The van der Waals surface area contributed by atoms with Crippen LogP contribution in [0.5, 0.6) is 0 Å². The summed E-state index contributed by atoms with van der Waals surface area (Å²) in [5, 5.41) is 18.1. The van der Waals surface area contributed by atoms with Gasteiger partial charge in [-0.1, -0.05) is 6.92 Å². The van der Waals surface area contributed by atoms with Crippen LogP contribution in [0.2, 0.25) is 0 Å². The Balaban J connectivity index is 2.46. The van der Waals surface area contributed by atoms with Gasteiger partial charge in [0.2, 0.25) is 0 Å². The highest BCUT2D eigenvalue weighted by Crippen LogP contribution is 2.23. The van der Waals surface area contributed by atoms with Crippen molar-refractivity contribution in [2.24, 2.45) is 5.92 Å². The van der Waals surface area contributed by atoms with E-state index in [-0.39, 0.29) is 6.10 Å². The fourth-order valence-electron chi connectivity index (χ4n) is 1.13. The largest absolute Gasteiger partial charge is 0.388 e. The van der Waals surface area contributed by atoms with Crippen LogP contribution in [0.4, 0.5) is 0 Å². The van der Waals surface area contributed by atoms with Crippen molar-refractivity contribution in [3.63, 3.8) is 0 Å². The Hall–Kier alpha value is -0.120. The van der Waals surface area contributed by atoms with Gasteiger partial charge < -0.3 is 14.9 Å². The maximum atomic E-state index is 9.09. The zero-order chi connectivity index (χ0) is 7.72. The molecule has 0 bridgehead atoms. The molecule has 0 amide bonds. The molecule has 3 heteroatoms.